The zero-order valence-electron chi connectivity index (χ0n) is 9.32. The van der Waals surface area contributed by atoms with Crippen LogP contribution in [0.1, 0.15) is 18.1 Å². The molecule has 16 heavy (non-hydrogen) atoms. The molecule has 2 amide bonds. The van der Waals surface area contributed by atoms with E-state index < -0.39 is 6.09 Å². The van der Waals surface area contributed by atoms with Gasteiger partial charge in [-0.05, 0) is 25.5 Å². The van der Waals surface area contributed by atoms with E-state index in [0.717, 1.165) is 16.0 Å². The Morgan fingerprint density at radius 2 is 2.25 bits per heavy atom. The third-order valence-electron chi connectivity index (χ3n) is 2.52. The Kier molecular flexibility index (Phi) is 2.64. The lowest BCUT2D eigenvalue weighted by molar-refractivity contribution is -0.116. The summed E-state index contributed by atoms with van der Waals surface area (Å²) in [5.74, 6) is -0.223. The minimum absolute atomic E-state index is 0.223. The molecule has 0 bridgehead atoms. The van der Waals surface area contributed by atoms with E-state index in [1.807, 2.05) is 19.1 Å². The summed E-state index contributed by atoms with van der Waals surface area (Å²) in [5.41, 5.74) is 2.62. The number of hydrogen-bond donors (Lipinski definition) is 0. The Balaban J connectivity index is 2.36. The Morgan fingerprint density at radius 3 is 2.94 bits per heavy atom. The number of nitrogens with zero attached hydrogens (tertiary/aromatic N) is 1. The van der Waals surface area contributed by atoms with Crippen molar-refractivity contribution in [1.29, 1.82) is 0 Å². The summed E-state index contributed by atoms with van der Waals surface area (Å²) in [4.78, 5) is 24.4. The highest BCUT2D eigenvalue weighted by atomic mass is 16.6. The third-order valence-corrected chi connectivity index (χ3v) is 2.52. The SMILES string of the molecule is CCOC(=O)N1C(=O)Cc2cc(C)ccc21. The van der Waals surface area contributed by atoms with Gasteiger partial charge >= 0.3 is 6.09 Å². The number of ether oxygens (including phenoxy) is 1. The van der Waals surface area contributed by atoms with Crippen LogP contribution in [0.3, 0.4) is 0 Å². The fourth-order valence-electron chi connectivity index (χ4n) is 1.84. The first-order valence-corrected chi connectivity index (χ1v) is 5.22. The molecule has 4 nitrogen and oxygen atoms in total. The van der Waals surface area contributed by atoms with Crippen LogP contribution in [-0.2, 0) is 16.0 Å². The maximum absolute atomic E-state index is 11.7. The molecule has 84 valence electrons. The minimum Gasteiger partial charge on any atom is -0.449 e. The first-order valence-electron chi connectivity index (χ1n) is 5.22. The molecule has 0 saturated carbocycles. The molecule has 0 radical (unpaired) electrons. The van der Waals surface area contributed by atoms with Crippen molar-refractivity contribution in [3.05, 3.63) is 29.3 Å². The quantitative estimate of drug-likeness (QED) is 0.726. The Bertz CT molecular complexity index is 454. The van der Waals surface area contributed by atoms with Crippen molar-refractivity contribution in [3.8, 4) is 0 Å². The van der Waals surface area contributed by atoms with Crippen molar-refractivity contribution >= 4 is 17.7 Å². The predicted octanol–water partition coefficient (Wildman–Crippen LogP) is 2.04. The molecule has 0 atom stereocenters. The van der Waals surface area contributed by atoms with Gasteiger partial charge < -0.3 is 4.74 Å². The maximum Gasteiger partial charge on any atom is 0.421 e. The summed E-state index contributed by atoms with van der Waals surface area (Å²) in [5, 5.41) is 0. The van der Waals surface area contributed by atoms with Gasteiger partial charge in [-0.25, -0.2) is 9.69 Å². The number of imide groups is 1. The first-order chi connectivity index (χ1) is 7.63. The zero-order valence-corrected chi connectivity index (χ0v) is 9.32. The number of carbonyl (C=O) groups excluding carboxylic acids is 2. The Morgan fingerprint density at radius 1 is 1.50 bits per heavy atom. The molecule has 0 saturated heterocycles. The fraction of sp³-hybridized carbons (Fsp3) is 0.333. The van der Waals surface area contributed by atoms with Crippen LogP contribution < -0.4 is 4.90 Å². The van der Waals surface area contributed by atoms with Gasteiger partial charge in [-0.2, -0.15) is 0 Å². The number of fused-ring (bicyclic) bond motifs is 1. The van der Waals surface area contributed by atoms with Crippen LogP contribution in [0.4, 0.5) is 10.5 Å². The molecule has 1 aliphatic heterocycles. The van der Waals surface area contributed by atoms with E-state index in [1.165, 1.54) is 0 Å². The molecule has 0 unspecified atom stereocenters. The smallest absolute Gasteiger partial charge is 0.421 e. The van der Waals surface area contributed by atoms with E-state index in [2.05, 4.69) is 0 Å². The lowest BCUT2D eigenvalue weighted by atomic mass is 10.1. The zero-order chi connectivity index (χ0) is 11.7. The summed E-state index contributed by atoms with van der Waals surface area (Å²) in [6, 6.07) is 5.59. The lowest BCUT2D eigenvalue weighted by Crippen LogP contribution is -2.34. The second-order valence-corrected chi connectivity index (χ2v) is 3.74. The largest absolute Gasteiger partial charge is 0.449 e. The van der Waals surface area contributed by atoms with E-state index in [-0.39, 0.29) is 18.9 Å². The van der Waals surface area contributed by atoms with Crippen molar-refractivity contribution in [1.82, 2.24) is 0 Å². The van der Waals surface area contributed by atoms with Crippen LogP contribution in [0.15, 0.2) is 18.2 Å². The molecule has 0 N–H and O–H groups in total. The molecule has 2 rings (SSSR count). The molecule has 1 aromatic rings. The maximum atomic E-state index is 11.7. The molecular formula is C12H13NO3. The number of rotatable bonds is 1. The van der Waals surface area contributed by atoms with Crippen LogP contribution in [0.5, 0.6) is 0 Å². The number of anilines is 1. The van der Waals surface area contributed by atoms with Gasteiger partial charge in [0.2, 0.25) is 5.91 Å². The minimum atomic E-state index is -0.588. The van der Waals surface area contributed by atoms with E-state index in [0.29, 0.717) is 5.69 Å². The van der Waals surface area contributed by atoms with Gasteiger partial charge in [0.15, 0.2) is 0 Å². The van der Waals surface area contributed by atoms with E-state index in [1.54, 1.807) is 13.0 Å². The molecule has 1 aliphatic rings. The van der Waals surface area contributed by atoms with Gasteiger partial charge in [-0.1, -0.05) is 17.7 Å². The van der Waals surface area contributed by atoms with Crippen LogP contribution in [0.2, 0.25) is 0 Å². The molecule has 0 fully saturated rings. The number of aryl methyl sites for hydroxylation is 1. The van der Waals surface area contributed by atoms with Gasteiger partial charge in [0.05, 0.1) is 18.7 Å². The Labute approximate surface area is 93.8 Å². The topological polar surface area (TPSA) is 46.6 Å². The highest BCUT2D eigenvalue weighted by Crippen LogP contribution is 2.30. The molecule has 4 heteroatoms. The average molecular weight is 219 g/mol. The van der Waals surface area contributed by atoms with Crippen molar-refractivity contribution in [2.75, 3.05) is 11.5 Å². The molecule has 0 aromatic heterocycles. The van der Waals surface area contributed by atoms with Crippen molar-refractivity contribution in [3.63, 3.8) is 0 Å². The summed E-state index contributed by atoms with van der Waals surface area (Å²) in [6.07, 6.45) is -0.314. The van der Waals surface area contributed by atoms with Gasteiger partial charge in [0, 0.05) is 0 Å². The summed E-state index contributed by atoms with van der Waals surface area (Å²) in [7, 11) is 0. The van der Waals surface area contributed by atoms with E-state index in [4.69, 9.17) is 4.74 Å². The lowest BCUT2D eigenvalue weighted by Gasteiger charge is -2.14. The molecule has 1 heterocycles. The van der Waals surface area contributed by atoms with Crippen LogP contribution in [-0.4, -0.2) is 18.6 Å². The molecular weight excluding hydrogens is 206 g/mol. The van der Waals surface area contributed by atoms with Crippen LogP contribution in [0, 0.1) is 6.92 Å². The van der Waals surface area contributed by atoms with Gasteiger partial charge in [0.25, 0.3) is 0 Å². The summed E-state index contributed by atoms with van der Waals surface area (Å²) < 4.78 is 4.85. The van der Waals surface area contributed by atoms with Crippen molar-refractivity contribution < 1.29 is 14.3 Å². The molecule has 0 aliphatic carbocycles. The van der Waals surface area contributed by atoms with Crippen molar-refractivity contribution in [2.45, 2.75) is 20.3 Å². The van der Waals surface area contributed by atoms with E-state index >= 15 is 0 Å². The van der Waals surface area contributed by atoms with Crippen LogP contribution >= 0.6 is 0 Å². The number of hydrogen-bond acceptors (Lipinski definition) is 3. The van der Waals surface area contributed by atoms with Crippen molar-refractivity contribution in [2.24, 2.45) is 0 Å². The average Bonchev–Trinajstić information content (AvgIpc) is 2.53. The van der Waals surface area contributed by atoms with Crippen LogP contribution in [0.25, 0.3) is 0 Å². The standard InChI is InChI=1S/C12H13NO3/c1-3-16-12(15)13-10-5-4-8(2)6-9(10)7-11(13)14/h4-6H,3,7H2,1-2H3. The Hall–Kier alpha value is -1.84. The number of amides is 2. The first kappa shape index (κ1) is 10.7. The summed E-state index contributed by atoms with van der Waals surface area (Å²) >= 11 is 0. The second kappa shape index (κ2) is 3.96. The third kappa shape index (κ3) is 1.66. The highest BCUT2D eigenvalue weighted by molar-refractivity contribution is 6.17. The number of carbonyl (C=O) groups is 2. The monoisotopic (exact) mass is 219 g/mol. The second-order valence-electron chi connectivity index (χ2n) is 3.74. The van der Waals surface area contributed by atoms with Gasteiger partial charge in [0.1, 0.15) is 0 Å². The fourth-order valence-corrected chi connectivity index (χ4v) is 1.84. The van der Waals surface area contributed by atoms with E-state index in [9.17, 15) is 9.59 Å². The predicted molar refractivity (Wildman–Crippen MR) is 59.4 cm³/mol. The van der Waals surface area contributed by atoms with Gasteiger partial charge in [-0.3, -0.25) is 4.79 Å². The summed E-state index contributed by atoms with van der Waals surface area (Å²) in [6.45, 7) is 3.94. The highest BCUT2D eigenvalue weighted by Gasteiger charge is 2.33. The molecule has 0 spiro atoms. The normalized spacial score (nSPS) is 13.9. The van der Waals surface area contributed by atoms with Gasteiger partial charge in [-0.15, -0.1) is 0 Å². The number of benzene rings is 1. The molecule has 1 aromatic carbocycles.